The molecule has 0 fully saturated rings. The van der Waals surface area contributed by atoms with Gasteiger partial charge in [-0.15, -0.1) is 11.8 Å². The molecule has 0 aromatic carbocycles. The molecule has 22 heavy (non-hydrogen) atoms. The Morgan fingerprint density at radius 3 is 2.68 bits per heavy atom. The van der Waals surface area contributed by atoms with Crippen molar-refractivity contribution in [1.29, 1.82) is 0 Å². The second-order valence-corrected chi connectivity index (χ2v) is 5.35. The van der Waals surface area contributed by atoms with Crippen LogP contribution in [0, 0.1) is 0 Å². The Morgan fingerprint density at radius 2 is 2.18 bits per heavy atom. The van der Waals surface area contributed by atoms with E-state index in [0.717, 1.165) is 6.07 Å². The number of hydrogen-bond acceptors (Lipinski definition) is 4. The molecule has 4 nitrogen and oxygen atoms in total. The average Bonchev–Trinajstić information content (AvgIpc) is 2.86. The van der Waals surface area contributed by atoms with Crippen molar-refractivity contribution >= 4 is 22.3 Å². The van der Waals surface area contributed by atoms with Gasteiger partial charge in [0.15, 0.2) is 11.3 Å². The molecule has 0 aliphatic heterocycles. The number of fused-ring (bicyclic) bond motifs is 1. The van der Waals surface area contributed by atoms with Crippen molar-refractivity contribution in [2.45, 2.75) is 19.2 Å². The van der Waals surface area contributed by atoms with E-state index in [1.165, 1.54) is 31.0 Å². The third-order valence-corrected chi connectivity index (χ3v) is 3.77. The lowest BCUT2D eigenvalue weighted by Gasteiger charge is -2.12. The molecule has 0 spiro atoms. The Labute approximate surface area is 129 Å². The van der Waals surface area contributed by atoms with Gasteiger partial charge in [0.2, 0.25) is 0 Å². The molecule has 1 unspecified atom stereocenters. The zero-order chi connectivity index (χ0) is 16.5. The Morgan fingerprint density at radius 1 is 1.50 bits per heavy atom. The van der Waals surface area contributed by atoms with Gasteiger partial charge < -0.3 is 5.11 Å². The van der Waals surface area contributed by atoms with Crippen LogP contribution in [0.1, 0.15) is 30.0 Å². The van der Waals surface area contributed by atoms with Crippen LogP contribution in [0.3, 0.4) is 0 Å². The normalized spacial score (nSPS) is 14.4. The first-order chi connectivity index (χ1) is 10.3. The molecule has 8 heteroatoms. The number of aliphatic hydroxyl groups is 1. The van der Waals surface area contributed by atoms with Crippen LogP contribution >= 0.6 is 11.8 Å². The van der Waals surface area contributed by atoms with Crippen molar-refractivity contribution in [1.82, 2.24) is 14.6 Å². The summed E-state index contributed by atoms with van der Waals surface area (Å²) in [6.45, 7) is 5.00. The van der Waals surface area contributed by atoms with Gasteiger partial charge in [-0.25, -0.2) is 9.50 Å². The molecular formula is C14H14F3N3OS. The fraction of sp³-hybridized carbons (Fsp3) is 0.286. The van der Waals surface area contributed by atoms with Gasteiger partial charge in [-0.1, -0.05) is 12.7 Å². The number of alkyl halides is 3. The smallest absolute Gasteiger partial charge is 0.389 e. The summed E-state index contributed by atoms with van der Waals surface area (Å²) in [6.07, 6.45) is 0.444. The summed E-state index contributed by atoms with van der Waals surface area (Å²) in [5.74, 6) is 0. The zero-order valence-corrected chi connectivity index (χ0v) is 12.7. The largest absolute Gasteiger partial charge is 0.433 e. The van der Waals surface area contributed by atoms with E-state index in [0.29, 0.717) is 9.42 Å². The second kappa shape index (κ2) is 6.13. The number of allylic oxidation sites excluding steroid dienone is 2. The summed E-state index contributed by atoms with van der Waals surface area (Å²) in [5.41, 5.74) is -0.548. The van der Waals surface area contributed by atoms with Gasteiger partial charge in [0.05, 0.1) is 18.0 Å². The lowest BCUT2D eigenvalue weighted by atomic mass is 10.2. The highest BCUT2D eigenvalue weighted by Gasteiger charge is 2.35. The molecule has 0 saturated carbocycles. The van der Waals surface area contributed by atoms with Crippen LogP contribution in [0.25, 0.3) is 10.6 Å². The first-order valence-corrected chi connectivity index (χ1v) is 7.53. The van der Waals surface area contributed by atoms with Crippen molar-refractivity contribution in [2.75, 3.05) is 6.26 Å². The number of hydrogen-bond donors (Lipinski definition) is 1. The van der Waals surface area contributed by atoms with Crippen molar-refractivity contribution in [3.05, 3.63) is 47.9 Å². The number of aliphatic hydroxyl groups excluding tert-OH is 1. The van der Waals surface area contributed by atoms with Gasteiger partial charge >= 0.3 is 6.18 Å². The number of halogens is 3. The number of rotatable bonds is 4. The van der Waals surface area contributed by atoms with E-state index in [4.69, 9.17) is 0 Å². The summed E-state index contributed by atoms with van der Waals surface area (Å²) in [6, 6.07) is 0.942. The average molecular weight is 329 g/mol. The lowest BCUT2D eigenvalue weighted by Crippen LogP contribution is -2.14. The second-order valence-electron chi connectivity index (χ2n) is 4.51. The molecule has 2 aromatic rings. The fourth-order valence-electron chi connectivity index (χ4n) is 1.97. The number of thioether (sulfide) groups is 1. The molecule has 2 aromatic heterocycles. The van der Waals surface area contributed by atoms with E-state index in [1.54, 1.807) is 12.3 Å². The maximum atomic E-state index is 13.3. The van der Waals surface area contributed by atoms with E-state index < -0.39 is 18.0 Å². The summed E-state index contributed by atoms with van der Waals surface area (Å²) in [7, 11) is 0. The van der Waals surface area contributed by atoms with Gasteiger partial charge in [-0.05, 0) is 25.3 Å². The highest BCUT2D eigenvalue weighted by molar-refractivity contribution is 8.07. The van der Waals surface area contributed by atoms with Crippen LogP contribution in [0.15, 0.2) is 31.0 Å². The SMILES string of the molecule is C=C/C=C(\SC)c1cc(C(F)(F)F)n2ncc(C(C)O)c2n1. The minimum Gasteiger partial charge on any atom is -0.389 e. The molecule has 0 saturated heterocycles. The minimum absolute atomic E-state index is 0.0103. The third kappa shape index (κ3) is 3.02. The van der Waals surface area contributed by atoms with Gasteiger partial charge in [-0.3, -0.25) is 0 Å². The maximum Gasteiger partial charge on any atom is 0.433 e. The van der Waals surface area contributed by atoms with Crippen LogP contribution in [0.5, 0.6) is 0 Å². The minimum atomic E-state index is -4.59. The summed E-state index contributed by atoms with van der Waals surface area (Å²) in [4.78, 5) is 4.77. The highest BCUT2D eigenvalue weighted by atomic mass is 32.2. The topological polar surface area (TPSA) is 50.4 Å². The van der Waals surface area contributed by atoms with Crippen LogP contribution in [-0.4, -0.2) is 26.0 Å². The highest BCUT2D eigenvalue weighted by Crippen LogP contribution is 2.34. The van der Waals surface area contributed by atoms with E-state index >= 15 is 0 Å². The summed E-state index contributed by atoms with van der Waals surface area (Å²) >= 11 is 1.26. The predicted octanol–water partition coefficient (Wildman–Crippen LogP) is 3.69. The number of aromatic nitrogens is 3. The molecule has 0 amide bonds. The molecule has 0 aliphatic carbocycles. The summed E-state index contributed by atoms with van der Waals surface area (Å²) in [5, 5.41) is 13.4. The van der Waals surface area contributed by atoms with Crippen LogP contribution in [0.2, 0.25) is 0 Å². The monoisotopic (exact) mass is 329 g/mol. The predicted molar refractivity (Wildman–Crippen MR) is 80.3 cm³/mol. The Hall–Kier alpha value is -1.80. The molecule has 2 heterocycles. The zero-order valence-electron chi connectivity index (χ0n) is 11.9. The van der Waals surface area contributed by atoms with E-state index in [2.05, 4.69) is 16.7 Å². The molecule has 0 radical (unpaired) electrons. The summed E-state index contributed by atoms with van der Waals surface area (Å²) < 4.78 is 40.5. The Kier molecular flexibility index (Phi) is 4.62. The Balaban J connectivity index is 2.82. The number of nitrogens with zero attached hydrogens (tertiary/aromatic N) is 3. The van der Waals surface area contributed by atoms with Gasteiger partial charge in [-0.2, -0.15) is 18.3 Å². The van der Waals surface area contributed by atoms with Crippen molar-refractivity contribution in [3.8, 4) is 0 Å². The first-order valence-electron chi connectivity index (χ1n) is 6.30. The molecule has 0 aliphatic rings. The van der Waals surface area contributed by atoms with Gasteiger partial charge in [0.1, 0.15) is 0 Å². The van der Waals surface area contributed by atoms with Crippen molar-refractivity contribution in [3.63, 3.8) is 0 Å². The van der Waals surface area contributed by atoms with Crippen molar-refractivity contribution in [2.24, 2.45) is 0 Å². The lowest BCUT2D eigenvalue weighted by molar-refractivity contribution is -0.142. The van der Waals surface area contributed by atoms with E-state index in [1.807, 2.05) is 0 Å². The molecule has 1 atom stereocenters. The third-order valence-electron chi connectivity index (χ3n) is 2.98. The van der Waals surface area contributed by atoms with E-state index in [-0.39, 0.29) is 16.9 Å². The van der Waals surface area contributed by atoms with Crippen LogP contribution in [-0.2, 0) is 6.18 Å². The van der Waals surface area contributed by atoms with E-state index in [9.17, 15) is 18.3 Å². The molecular weight excluding hydrogens is 315 g/mol. The van der Waals surface area contributed by atoms with Crippen LogP contribution in [0.4, 0.5) is 13.2 Å². The van der Waals surface area contributed by atoms with Crippen molar-refractivity contribution < 1.29 is 18.3 Å². The molecule has 1 N–H and O–H groups in total. The molecule has 118 valence electrons. The quantitative estimate of drug-likeness (QED) is 0.869. The first kappa shape index (κ1) is 16.6. The fourth-order valence-corrected chi connectivity index (χ4v) is 2.51. The van der Waals surface area contributed by atoms with Crippen LogP contribution < -0.4 is 0 Å². The maximum absolute atomic E-state index is 13.3. The van der Waals surface area contributed by atoms with Gasteiger partial charge in [0, 0.05) is 10.5 Å². The standard InChI is InChI=1S/C14H14F3N3OS/c1-4-5-11(22-3)10-6-12(14(15,16)17)20-13(19-10)9(7-18-20)8(2)21/h4-8,21H,1H2,2-3H3/b11-5-. The Bertz CT molecular complexity index is 735. The van der Waals surface area contributed by atoms with Gasteiger partial charge in [0.25, 0.3) is 0 Å². The molecule has 2 rings (SSSR count). The molecule has 0 bridgehead atoms.